The Hall–Kier alpha value is -0.880. The van der Waals surface area contributed by atoms with Crippen LogP contribution in [0.3, 0.4) is 0 Å². The number of aromatic nitrogens is 1. The van der Waals surface area contributed by atoms with Crippen molar-refractivity contribution in [1.29, 1.82) is 0 Å². The molecule has 1 aliphatic rings. The van der Waals surface area contributed by atoms with Crippen molar-refractivity contribution < 1.29 is 4.79 Å². The fourth-order valence-electron chi connectivity index (χ4n) is 2.39. The van der Waals surface area contributed by atoms with Crippen LogP contribution in [0.25, 0.3) is 0 Å². The van der Waals surface area contributed by atoms with Gasteiger partial charge in [0.15, 0.2) is 0 Å². The van der Waals surface area contributed by atoms with Crippen LogP contribution in [0.4, 0.5) is 0 Å². The lowest BCUT2D eigenvalue weighted by Crippen LogP contribution is -2.38. The smallest absolute Gasteiger partial charge is 0.234 e. The summed E-state index contributed by atoms with van der Waals surface area (Å²) in [5.74, 6) is 0.0603. The van der Waals surface area contributed by atoms with E-state index in [0.717, 1.165) is 25.1 Å². The van der Waals surface area contributed by atoms with Gasteiger partial charge < -0.3 is 11.1 Å². The van der Waals surface area contributed by atoms with Crippen molar-refractivity contribution in [3.05, 3.63) is 30.1 Å². The summed E-state index contributed by atoms with van der Waals surface area (Å²) in [5, 5.41) is 2.92. The molecule has 3 N–H and O–H groups in total. The molecule has 1 fully saturated rings. The van der Waals surface area contributed by atoms with Gasteiger partial charge in [-0.2, -0.15) is 0 Å². The molecule has 1 amide bonds. The third kappa shape index (κ3) is 6.18. The minimum Gasteiger partial charge on any atom is -0.351 e. The second-order valence-electron chi connectivity index (χ2n) is 5.61. The number of nitrogens with zero attached hydrogens (tertiary/aromatic N) is 2. The Balaban J connectivity index is 0.00000200. The molecule has 120 valence electrons. The van der Waals surface area contributed by atoms with Gasteiger partial charge in [-0.05, 0) is 36.6 Å². The summed E-state index contributed by atoms with van der Waals surface area (Å²) in [5.41, 5.74) is 6.95. The van der Waals surface area contributed by atoms with E-state index in [9.17, 15) is 4.79 Å². The second-order valence-corrected chi connectivity index (χ2v) is 5.61. The number of rotatable bonds is 5. The summed E-state index contributed by atoms with van der Waals surface area (Å²) in [6, 6.07) is 3.82. The standard InChI is InChI=1S/C14H22N4O.2ClH/c1-14(10-15)4-6-18(11-14)9-13(19)17-8-12-3-2-5-16-7-12;;/h2-3,5,7H,4,6,8-11,15H2,1H3,(H,17,19);2*1H. The van der Waals surface area contributed by atoms with Gasteiger partial charge in [-0.1, -0.05) is 13.0 Å². The van der Waals surface area contributed by atoms with Crippen LogP contribution in [0, 0.1) is 5.41 Å². The topological polar surface area (TPSA) is 71.2 Å². The SMILES string of the molecule is CC1(CN)CCN(CC(=O)NCc2cccnc2)C1.Cl.Cl. The van der Waals surface area contributed by atoms with Crippen LogP contribution in [0.2, 0.25) is 0 Å². The Morgan fingerprint density at radius 3 is 2.86 bits per heavy atom. The van der Waals surface area contributed by atoms with Crippen molar-refractivity contribution in [3.63, 3.8) is 0 Å². The average molecular weight is 335 g/mol. The molecule has 5 nitrogen and oxygen atoms in total. The Morgan fingerprint density at radius 1 is 1.52 bits per heavy atom. The van der Waals surface area contributed by atoms with Crippen LogP contribution in [-0.2, 0) is 11.3 Å². The number of carbonyl (C=O) groups is 1. The summed E-state index contributed by atoms with van der Waals surface area (Å²) in [7, 11) is 0. The number of amides is 1. The highest BCUT2D eigenvalue weighted by Gasteiger charge is 2.32. The van der Waals surface area contributed by atoms with E-state index in [2.05, 4.69) is 22.1 Å². The average Bonchev–Trinajstić information content (AvgIpc) is 2.80. The zero-order valence-corrected chi connectivity index (χ0v) is 13.9. The minimum absolute atomic E-state index is 0. The maximum absolute atomic E-state index is 11.9. The molecule has 0 aliphatic carbocycles. The fourth-order valence-corrected chi connectivity index (χ4v) is 2.39. The van der Waals surface area contributed by atoms with Crippen molar-refractivity contribution >= 4 is 30.7 Å². The number of carbonyl (C=O) groups excluding carboxylic acids is 1. The number of halogens is 2. The van der Waals surface area contributed by atoms with Crippen molar-refractivity contribution in [2.24, 2.45) is 11.1 Å². The Bertz CT molecular complexity index is 432. The molecule has 0 radical (unpaired) electrons. The lowest BCUT2D eigenvalue weighted by molar-refractivity contribution is -0.122. The van der Waals surface area contributed by atoms with E-state index in [0.29, 0.717) is 19.6 Å². The quantitative estimate of drug-likeness (QED) is 0.849. The summed E-state index contributed by atoms with van der Waals surface area (Å²) in [6.45, 7) is 5.71. The number of likely N-dealkylation sites (tertiary alicyclic amines) is 1. The van der Waals surface area contributed by atoms with Gasteiger partial charge in [-0.15, -0.1) is 24.8 Å². The highest BCUT2D eigenvalue weighted by Crippen LogP contribution is 2.27. The van der Waals surface area contributed by atoms with E-state index in [1.54, 1.807) is 12.4 Å². The number of nitrogens with two attached hydrogens (primary N) is 1. The molecule has 1 unspecified atom stereocenters. The summed E-state index contributed by atoms with van der Waals surface area (Å²) in [4.78, 5) is 18.1. The van der Waals surface area contributed by atoms with E-state index in [4.69, 9.17) is 5.73 Å². The normalized spacial score (nSPS) is 21.2. The molecule has 1 saturated heterocycles. The van der Waals surface area contributed by atoms with E-state index < -0.39 is 0 Å². The first-order chi connectivity index (χ1) is 9.11. The van der Waals surface area contributed by atoms with E-state index in [1.165, 1.54) is 0 Å². The van der Waals surface area contributed by atoms with E-state index >= 15 is 0 Å². The van der Waals surface area contributed by atoms with Gasteiger partial charge in [0.05, 0.1) is 6.54 Å². The Kier molecular flexibility index (Phi) is 8.82. The number of hydrogen-bond donors (Lipinski definition) is 2. The summed E-state index contributed by atoms with van der Waals surface area (Å²) >= 11 is 0. The summed E-state index contributed by atoms with van der Waals surface area (Å²) in [6.07, 6.45) is 4.56. The molecule has 21 heavy (non-hydrogen) atoms. The third-order valence-electron chi connectivity index (χ3n) is 3.71. The minimum atomic E-state index is 0. The van der Waals surface area contributed by atoms with Crippen LogP contribution in [0.1, 0.15) is 18.9 Å². The molecule has 1 aromatic heterocycles. The molecular formula is C14H24Cl2N4O. The Morgan fingerprint density at radius 2 is 2.29 bits per heavy atom. The number of pyridine rings is 1. The first-order valence-electron chi connectivity index (χ1n) is 6.69. The van der Waals surface area contributed by atoms with Crippen LogP contribution in [0.5, 0.6) is 0 Å². The lowest BCUT2D eigenvalue weighted by atomic mass is 9.90. The van der Waals surface area contributed by atoms with E-state index in [-0.39, 0.29) is 36.1 Å². The molecule has 2 heterocycles. The second kappa shape index (κ2) is 9.20. The molecule has 1 aromatic rings. The van der Waals surface area contributed by atoms with Gasteiger partial charge >= 0.3 is 0 Å². The highest BCUT2D eigenvalue weighted by molar-refractivity contribution is 5.85. The van der Waals surface area contributed by atoms with Gasteiger partial charge in [-0.25, -0.2) is 0 Å². The zero-order valence-electron chi connectivity index (χ0n) is 12.2. The molecule has 0 saturated carbocycles. The third-order valence-corrected chi connectivity index (χ3v) is 3.71. The van der Waals surface area contributed by atoms with Gasteiger partial charge in [0.2, 0.25) is 5.91 Å². The van der Waals surface area contributed by atoms with E-state index in [1.807, 2.05) is 12.1 Å². The van der Waals surface area contributed by atoms with Crippen LogP contribution < -0.4 is 11.1 Å². The van der Waals surface area contributed by atoms with Crippen LogP contribution in [-0.4, -0.2) is 42.0 Å². The predicted molar refractivity (Wildman–Crippen MR) is 88.8 cm³/mol. The molecule has 0 spiro atoms. The fraction of sp³-hybridized carbons (Fsp3) is 0.571. The molecule has 0 bridgehead atoms. The maximum atomic E-state index is 11.9. The predicted octanol–water partition coefficient (Wildman–Crippen LogP) is 1.21. The number of hydrogen-bond acceptors (Lipinski definition) is 4. The molecule has 0 aromatic carbocycles. The molecule has 7 heteroatoms. The van der Waals surface area contributed by atoms with Gasteiger partial charge in [0.1, 0.15) is 0 Å². The first kappa shape index (κ1) is 20.1. The largest absolute Gasteiger partial charge is 0.351 e. The van der Waals surface area contributed by atoms with Crippen molar-refractivity contribution in [2.75, 3.05) is 26.2 Å². The molecule has 1 aliphatic heterocycles. The highest BCUT2D eigenvalue weighted by atomic mass is 35.5. The molecule has 2 rings (SSSR count). The molecule has 1 atom stereocenters. The van der Waals surface area contributed by atoms with Crippen LogP contribution >= 0.6 is 24.8 Å². The van der Waals surface area contributed by atoms with Crippen molar-refractivity contribution in [3.8, 4) is 0 Å². The summed E-state index contributed by atoms with van der Waals surface area (Å²) < 4.78 is 0. The molecular weight excluding hydrogens is 311 g/mol. The zero-order chi connectivity index (χ0) is 13.7. The maximum Gasteiger partial charge on any atom is 0.234 e. The monoisotopic (exact) mass is 334 g/mol. The number of nitrogens with one attached hydrogen (secondary N) is 1. The van der Waals surface area contributed by atoms with Crippen LogP contribution in [0.15, 0.2) is 24.5 Å². The lowest BCUT2D eigenvalue weighted by Gasteiger charge is -2.22. The van der Waals surface area contributed by atoms with Gasteiger partial charge in [0.25, 0.3) is 0 Å². The van der Waals surface area contributed by atoms with Crippen molar-refractivity contribution in [1.82, 2.24) is 15.2 Å². The Labute approximate surface area is 138 Å². The van der Waals surface area contributed by atoms with Gasteiger partial charge in [-0.3, -0.25) is 14.7 Å². The first-order valence-corrected chi connectivity index (χ1v) is 6.69. The van der Waals surface area contributed by atoms with Gasteiger partial charge in [0, 0.05) is 25.5 Å². The van der Waals surface area contributed by atoms with Crippen molar-refractivity contribution in [2.45, 2.75) is 19.9 Å².